The van der Waals surface area contributed by atoms with Crippen molar-refractivity contribution in [1.29, 1.82) is 0 Å². The Kier molecular flexibility index (Phi) is 2.93. The average molecular weight is 290 g/mol. The quantitative estimate of drug-likeness (QED) is 0.543. The Hall–Kier alpha value is -2.26. The normalized spacial score (nSPS) is 11.3. The van der Waals surface area contributed by atoms with E-state index in [0.717, 1.165) is 22.8 Å². The maximum atomic E-state index is 4.55. The highest BCUT2D eigenvalue weighted by Crippen LogP contribution is 2.24. The summed E-state index contributed by atoms with van der Waals surface area (Å²) in [5, 5.41) is 3.36. The van der Waals surface area contributed by atoms with Crippen molar-refractivity contribution >= 4 is 29.0 Å². The molecule has 0 amide bonds. The third-order valence-electron chi connectivity index (χ3n) is 3.85. The number of benzene rings is 2. The predicted molar refractivity (Wildman–Crippen MR) is 89.2 cm³/mol. The predicted octanol–water partition coefficient (Wildman–Crippen LogP) is 4.37. The minimum atomic E-state index is 0.800. The number of fused-ring (bicyclic) bond motifs is 2. The van der Waals surface area contributed by atoms with Crippen LogP contribution in [0.3, 0.4) is 0 Å². The van der Waals surface area contributed by atoms with Gasteiger partial charge in [-0.1, -0.05) is 48.5 Å². The number of nitrogens with zero attached hydrogens (tertiary/aromatic N) is 2. The van der Waals surface area contributed by atoms with Gasteiger partial charge in [-0.05, 0) is 28.5 Å². The number of imidazole rings is 1. The zero-order valence-electron chi connectivity index (χ0n) is 11.4. The third kappa shape index (κ3) is 2.10. The fourth-order valence-corrected chi connectivity index (χ4v) is 3.11. The first kappa shape index (κ1) is 12.5. The van der Waals surface area contributed by atoms with Crippen molar-refractivity contribution in [3.05, 3.63) is 78.1 Å². The molecule has 2 nitrogen and oxygen atoms in total. The molecule has 0 aliphatic rings. The monoisotopic (exact) mass is 290 g/mol. The highest BCUT2D eigenvalue weighted by Gasteiger charge is 2.11. The van der Waals surface area contributed by atoms with Gasteiger partial charge in [-0.15, -0.1) is 12.6 Å². The fraction of sp³-hybridized carbons (Fsp3) is 0.0556. The highest BCUT2D eigenvalue weighted by atomic mass is 32.1. The van der Waals surface area contributed by atoms with Gasteiger partial charge < -0.3 is 4.40 Å². The second-order valence-electron chi connectivity index (χ2n) is 5.13. The molecule has 4 aromatic rings. The number of hydrogen-bond acceptors (Lipinski definition) is 2. The van der Waals surface area contributed by atoms with Gasteiger partial charge in [0.25, 0.3) is 0 Å². The minimum Gasteiger partial charge on any atom is -0.303 e. The van der Waals surface area contributed by atoms with Gasteiger partial charge in [-0.25, -0.2) is 4.98 Å². The van der Waals surface area contributed by atoms with E-state index in [1.807, 2.05) is 24.4 Å². The molecule has 21 heavy (non-hydrogen) atoms. The van der Waals surface area contributed by atoms with Gasteiger partial charge in [-0.3, -0.25) is 0 Å². The van der Waals surface area contributed by atoms with Crippen molar-refractivity contribution < 1.29 is 0 Å². The van der Waals surface area contributed by atoms with Crippen molar-refractivity contribution in [3.8, 4) is 0 Å². The summed E-state index contributed by atoms with van der Waals surface area (Å²) in [6, 6.07) is 20.9. The molecule has 3 heteroatoms. The van der Waals surface area contributed by atoms with Crippen LogP contribution in [0.15, 0.2) is 71.9 Å². The van der Waals surface area contributed by atoms with E-state index in [1.54, 1.807) is 0 Å². The molecule has 0 aliphatic carbocycles. The van der Waals surface area contributed by atoms with E-state index in [4.69, 9.17) is 0 Å². The molecule has 0 saturated carbocycles. The van der Waals surface area contributed by atoms with Gasteiger partial charge in [0, 0.05) is 12.6 Å². The van der Waals surface area contributed by atoms with E-state index >= 15 is 0 Å². The van der Waals surface area contributed by atoms with E-state index < -0.39 is 0 Å². The maximum Gasteiger partial charge on any atom is 0.138 e. The summed E-state index contributed by atoms with van der Waals surface area (Å²) < 4.78 is 2.12. The van der Waals surface area contributed by atoms with Gasteiger partial charge in [0.05, 0.1) is 5.69 Å². The Labute approximate surface area is 128 Å². The highest BCUT2D eigenvalue weighted by molar-refractivity contribution is 7.80. The summed E-state index contributed by atoms with van der Waals surface area (Å²) in [6.07, 6.45) is 2.87. The van der Waals surface area contributed by atoms with Crippen LogP contribution in [0.25, 0.3) is 16.4 Å². The second kappa shape index (κ2) is 4.93. The molecule has 0 spiro atoms. The molecule has 2 aromatic carbocycles. The third-order valence-corrected chi connectivity index (χ3v) is 4.20. The molecule has 2 heterocycles. The Balaban J connectivity index is 1.89. The summed E-state index contributed by atoms with van der Waals surface area (Å²) in [6.45, 7) is 0. The van der Waals surface area contributed by atoms with E-state index in [2.05, 4.69) is 64.5 Å². The summed E-state index contributed by atoms with van der Waals surface area (Å²) in [7, 11) is 0. The number of hydrogen-bond donors (Lipinski definition) is 1. The zero-order valence-corrected chi connectivity index (χ0v) is 12.3. The van der Waals surface area contributed by atoms with E-state index in [0.29, 0.717) is 0 Å². The zero-order chi connectivity index (χ0) is 14.2. The Morgan fingerprint density at radius 3 is 2.67 bits per heavy atom. The lowest BCUT2D eigenvalue weighted by atomic mass is 10.0. The van der Waals surface area contributed by atoms with Gasteiger partial charge in [0.2, 0.25) is 0 Å². The van der Waals surface area contributed by atoms with Gasteiger partial charge in [0.1, 0.15) is 10.7 Å². The summed E-state index contributed by atoms with van der Waals surface area (Å²) in [4.78, 5) is 4.52. The lowest BCUT2D eigenvalue weighted by Crippen LogP contribution is -1.96. The Morgan fingerprint density at radius 2 is 1.71 bits per heavy atom. The van der Waals surface area contributed by atoms with Crippen LogP contribution in [0.2, 0.25) is 0 Å². The van der Waals surface area contributed by atoms with Crippen molar-refractivity contribution in [2.24, 2.45) is 0 Å². The van der Waals surface area contributed by atoms with Crippen molar-refractivity contribution in [2.75, 3.05) is 0 Å². The van der Waals surface area contributed by atoms with Gasteiger partial charge in [0.15, 0.2) is 0 Å². The smallest absolute Gasteiger partial charge is 0.138 e. The first-order valence-electron chi connectivity index (χ1n) is 6.94. The van der Waals surface area contributed by atoms with E-state index in [-0.39, 0.29) is 0 Å². The molecule has 0 unspecified atom stereocenters. The lowest BCUT2D eigenvalue weighted by molar-refractivity contribution is 0.991. The summed E-state index contributed by atoms with van der Waals surface area (Å²) >= 11 is 4.55. The lowest BCUT2D eigenvalue weighted by Gasteiger charge is -2.07. The van der Waals surface area contributed by atoms with Gasteiger partial charge in [-0.2, -0.15) is 0 Å². The second-order valence-corrected chi connectivity index (χ2v) is 5.55. The van der Waals surface area contributed by atoms with Crippen molar-refractivity contribution in [1.82, 2.24) is 9.38 Å². The first-order chi connectivity index (χ1) is 10.3. The maximum absolute atomic E-state index is 4.55. The number of rotatable bonds is 2. The Morgan fingerprint density at radius 1 is 0.905 bits per heavy atom. The summed E-state index contributed by atoms with van der Waals surface area (Å²) in [5.41, 5.74) is 3.37. The molecule has 0 bridgehead atoms. The summed E-state index contributed by atoms with van der Waals surface area (Å²) in [5.74, 6) is 0. The molecular weight excluding hydrogens is 276 g/mol. The van der Waals surface area contributed by atoms with Crippen molar-refractivity contribution in [3.63, 3.8) is 0 Å². The van der Waals surface area contributed by atoms with E-state index in [9.17, 15) is 0 Å². The molecule has 4 rings (SSSR count). The van der Waals surface area contributed by atoms with Crippen LogP contribution in [0.5, 0.6) is 0 Å². The minimum absolute atomic E-state index is 0.800. The van der Waals surface area contributed by atoms with Gasteiger partial charge >= 0.3 is 0 Å². The Bertz CT molecular complexity index is 935. The number of aromatic nitrogens is 2. The molecule has 0 atom stereocenters. The van der Waals surface area contributed by atoms with Crippen LogP contribution in [0.1, 0.15) is 11.3 Å². The van der Waals surface area contributed by atoms with E-state index in [1.165, 1.54) is 16.3 Å². The van der Waals surface area contributed by atoms with Crippen LogP contribution >= 0.6 is 12.6 Å². The topological polar surface area (TPSA) is 17.3 Å². The molecular formula is C18H14N2S. The van der Waals surface area contributed by atoms with Crippen LogP contribution in [0.4, 0.5) is 0 Å². The standard InChI is InChI=1S/C18H14N2S/c21-18-16(20-11-4-3-10-17(20)19-18)12-14-8-5-7-13-6-1-2-9-15(13)14/h1-11,21H,12H2. The van der Waals surface area contributed by atoms with Crippen LogP contribution in [-0.2, 0) is 6.42 Å². The molecule has 2 aromatic heterocycles. The van der Waals surface area contributed by atoms with Crippen LogP contribution in [-0.4, -0.2) is 9.38 Å². The SMILES string of the molecule is Sc1nc2ccccn2c1Cc1cccc2ccccc12. The molecule has 102 valence electrons. The molecule has 0 fully saturated rings. The molecule has 0 N–H and O–H groups in total. The molecule has 0 aliphatic heterocycles. The molecule has 0 radical (unpaired) electrons. The average Bonchev–Trinajstić information content (AvgIpc) is 2.84. The largest absolute Gasteiger partial charge is 0.303 e. The number of thiol groups is 1. The number of pyridine rings is 1. The van der Waals surface area contributed by atoms with Crippen molar-refractivity contribution in [2.45, 2.75) is 11.4 Å². The first-order valence-corrected chi connectivity index (χ1v) is 7.39. The van der Waals surface area contributed by atoms with Crippen LogP contribution < -0.4 is 0 Å². The molecule has 0 saturated heterocycles. The van der Waals surface area contributed by atoms with Crippen LogP contribution in [0, 0.1) is 0 Å². The fourth-order valence-electron chi connectivity index (χ4n) is 2.83.